The van der Waals surface area contributed by atoms with Crippen molar-refractivity contribution in [3.8, 4) is 11.3 Å². The molecule has 0 aliphatic heterocycles. The van der Waals surface area contributed by atoms with Gasteiger partial charge < -0.3 is 5.11 Å². The van der Waals surface area contributed by atoms with Crippen molar-refractivity contribution < 1.29 is 22.4 Å². The number of hydrogen-bond donors (Lipinski definition) is 1. The summed E-state index contributed by atoms with van der Waals surface area (Å²) in [7, 11) is -2.64. The Morgan fingerprint density at radius 2 is 2.24 bits per heavy atom. The van der Waals surface area contributed by atoms with Crippen LogP contribution in [0.5, 0.6) is 0 Å². The third-order valence-corrected chi connectivity index (χ3v) is 4.00. The molecule has 2 rings (SSSR count). The van der Waals surface area contributed by atoms with Crippen LogP contribution in [0.25, 0.3) is 11.3 Å². The summed E-state index contributed by atoms with van der Waals surface area (Å²) in [6.45, 7) is 0.0483. The number of hydrogen-bond acceptors (Lipinski definition) is 7. The molecule has 0 spiro atoms. The molecular formula is C12H15N4O4S+. The summed E-state index contributed by atoms with van der Waals surface area (Å²) in [5, 5.41) is 13.8. The summed E-state index contributed by atoms with van der Waals surface area (Å²) in [4.78, 5) is 7.92. The second-order valence-corrected chi connectivity index (χ2v) is 6.06. The van der Waals surface area contributed by atoms with E-state index < -0.39 is 22.0 Å². The van der Waals surface area contributed by atoms with Gasteiger partial charge >= 0.3 is 0 Å². The third-order valence-electron chi connectivity index (χ3n) is 2.70. The average Bonchev–Trinajstić information content (AvgIpc) is 2.48. The van der Waals surface area contributed by atoms with Crippen molar-refractivity contribution in [1.29, 1.82) is 0 Å². The van der Waals surface area contributed by atoms with Crippen LogP contribution in [-0.2, 0) is 20.8 Å². The lowest BCUT2D eigenvalue weighted by atomic mass is 10.2. The Balaban J connectivity index is 2.03. The van der Waals surface area contributed by atoms with Gasteiger partial charge in [0.1, 0.15) is 24.4 Å². The van der Waals surface area contributed by atoms with Crippen molar-refractivity contribution in [2.75, 3.05) is 12.9 Å². The van der Waals surface area contributed by atoms with Gasteiger partial charge in [-0.15, -0.1) is 0 Å². The van der Waals surface area contributed by atoms with Gasteiger partial charge in [-0.25, -0.2) is 9.97 Å². The first-order chi connectivity index (χ1) is 10.00. The van der Waals surface area contributed by atoms with E-state index in [1.165, 1.54) is 11.0 Å². The predicted molar refractivity (Wildman–Crippen MR) is 72.3 cm³/mol. The molecule has 2 aromatic rings. The molecule has 0 saturated heterocycles. The van der Waals surface area contributed by atoms with Gasteiger partial charge in [0, 0.05) is 17.8 Å². The lowest BCUT2D eigenvalue weighted by Gasteiger charge is -2.05. The van der Waals surface area contributed by atoms with Crippen LogP contribution in [0.2, 0.25) is 0 Å². The summed E-state index contributed by atoms with van der Waals surface area (Å²) in [5.41, 5.74) is 1.53. The van der Waals surface area contributed by atoms with Crippen molar-refractivity contribution in [3.63, 3.8) is 0 Å². The largest absolute Gasteiger partial charge is 0.385 e. The molecule has 0 amide bonds. The molecule has 0 radical (unpaired) electrons. The van der Waals surface area contributed by atoms with Crippen LogP contribution < -0.4 is 4.68 Å². The molecule has 0 fully saturated rings. The van der Waals surface area contributed by atoms with Crippen LogP contribution in [0.3, 0.4) is 0 Å². The van der Waals surface area contributed by atoms with E-state index in [0.29, 0.717) is 0 Å². The van der Waals surface area contributed by atoms with Crippen LogP contribution in [-0.4, -0.2) is 47.6 Å². The van der Waals surface area contributed by atoms with E-state index in [1.807, 2.05) is 0 Å². The number of rotatable bonds is 6. The average molecular weight is 311 g/mol. The SMILES string of the molecule is COS(=O)(=O)CC(O)C[n+]1ccc(-c2ccncn2)cn1. The van der Waals surface area contributed by atoms with Crippen molar-refractivity contribution in [3.05, 3.63) is 37.1 Å². The monoisotopic (exact) mass is 311 g/mol. The minimum atomic E-state index is -3.70. The second kappa shape index (κ2) is 6.66. The lowest BCUT2D eigenvalue weighted by Crippen LogP contribution is -2.44. The summed E-state index contributed by atoms with van der Waals surface area (Å²) in [6, 6.07) is 3.52. The fourth-order valence-electron chi connectivity index (χ4n) is 1.68. The molecule has 2 aromatic heterocycles. The van der Waals surface area contributed by atoms with Crippen LogP contribution in [0.1, 0.15) is 0 Å². The highest BCUT2D eigenvalue weighted by molar-refractivity contribution is 7.86. The van der Waals surface area contributed by atoms with Gasteiger partial charge in [0.2, 0.25) is 6.54 Å². The number of nitrogens with zero attached hydrogens (tertiary/aromatic N) is 4. The van der Waals surface area contributed by atoms with Gasteiger partial charge in [-0.2, -0.15) is 8.42 Å². The van der Waals surface area contributed by atoms with E-state index in [-0.39, 0.29) is 6.54 Å². The molecule has 0 aromatic carbocycles. The molecule has 0 saturated carbocycles. The fraction of sp³-hybridized carbons (Fsp3) is 0.333. The fourth-order valence-corrected chi connectivity index (χ4v) is 2.39. The Labute approximate surface area is 122 Å². The molecule has 0 bridgehead atoms. The summed E-state index contributed by atoms with van der Waals surface area (Å²) in [6.07, 6.45) is 5.19. The predicted octanol–water partition coefficient (Wildman–Crippen LogP) is -0.837. The molecule has 0 aliphatic rings. The minimum absolute atomic E-state index is 0.0483. The van der Waals surface area contributed by atoms with E-state index in [2.05, 4.69) is 19.2 Å². The van der Waals surface area contributed by atoms with Gasteiger partial charge in [0.25, 0.3) is 10.1 Å². The first-order valence-corrected chi connectivity index (χ1v) is 7.66. The lowest BCUT2D eigenvalue weighted by molar-refractivity contribution is -0.758. The maximum atomic E-state index is 11.2. The highest BCUT2D eigenvalue weighted by atomic mass is 32.2. The van der Waals surface area contributed by atoms with Gasteiger partial charge in [-0.05, 0) is 11.2 Å². The zero-order valence-corrected chi connectivity index (χ0v) is 12.1. The smallest absolute Gasteiger partial charge is 0.269 e. The minimum Gasteiger partial charge on any atom is -0.385 e. The van der Waals surface area contributed by atoms with Crippen molar-refractivity contribution in [1.82, 2.24) is 15.1 Å². The summed E-state index contributed by atoms with van der Waals surface area (Å²) < 4.78 is 28.2. The molecule has 8 nitrogen and oxygen atoms in total. The maximum Gasteiger partial charge on any atom is 0.269 e. The Morgan fingerprint density at radius 1 is 1.43 bits per heavy atom. The first kappa shape index (κ1) is 15.4. The Kier molecular flexibility index (Phi) is 4.89. The van der Waals surface area contributed by atoms with Crippen LogP contribution in [0, 0.1) is 0 Å². The highest BCUT2D eigenvalue weighted by Gasteiger charge is 2.21. The van der Waals surface area contributed by atoms with E-state index >= 15 is 0 Å². The molecule has 1 atom stereocenters. The third kappa shape index (κ3) is 4.52. The Hall–Kier alpha value is -1.97. The van der Waals surface area contributed by atoms with E-state index in [9.17, 15) is 13.5 Å². The zero-order chi connectivity index (χ0) is 15.3. The Morgan fingerprint density at radius 3 is 2.81 bits per heavy atom. The van der Waals surface area contributed by atoms with Gasteiger partial charge in [0.15, 0.2) is 6.20 Å². The summed E-state index contributed by atoms with van der Waals surface area (Å²) >= 11 is 0. The molecule has 112 valence electrons. The quantitative estimate of drug-likeness (QED) is 0.548. The van der Waals surface area contributed by atoms with Crippen molar-refractivity contribution in [2.24, 2.45) is 0 Å². The normalized spacial score (nSPS) is 13.0. The Bertz CT molecular complexity index is 676. The molecule has 0 aliphatic carbocycles. The van der Waals surface area contributed by atoms with Gasteiger partial charge in [-0.1, -0.05) is 4.68 Å². The standard InChI is InChI=1S/C12H15N4O4S/c1-20-21(18,19)8-11(17)7-16-5-3-10(6-15-16)12-2-4-13-9-14-12/h2-6,9,11,17H,7-8H2,1H3/q+1. The highest BCUT2D eigenvalue weighted by Crippen LogP contribution is 2.11. The molecule has 9 heteroatoms. The van der Waals surface area contributed by atoms with Crippen LogP contribution in [0.15, 0.2) is 37.1 Å². The van der Waals surface area contributed by atoms with Crippen molar-refractivity contribution >= 4 is 10.1 Å². The van der Waals surface area contributed by atoms with Crippen molar-refractivity contribution in [2.45, 2.75) is 12.6 Å². The van der Waals surface area contributed by atoms with Gasteiger partial charge in [-0.3, -0.25) is 4.18 Å². The van der Waals surface area contributed by atoms with Crippen LogP contribution >= 0.6 is 0 Å². The maximum absolute atomic E-state index is 11.2. The molecule has 1 N–H and O–H groups in total. The van der Waals surface area contributed by atoms with E-state index in [1.54, 1.807) is 30.7 Å². The van der Waals surface area contributed by atoms with Gasteiger partial charge in [0.05, 0.1) is 12.8 Å². The second-order valence-electron chi connectivity index (χ2n) is 4.28. The molecule has 1 unspecified atom stereocenters. The van der Waals surface area contributed by atoms with E-state index in [4.69, 9.17) is 0 Å². The number of aliphatic hydroxyl groups excluding tert-OH is 1. The zero-order valence-electron chi connectivity index (χ0n) is 11.3. The van der Waals surface area contributed by atoms with E-state index in [0.717, 1.165) is 18.4 Å². The molecule has 2 heterocycles. The van der Waals surface area contributed by atoms with Crippen LogP contribution in [0.4, 0.5) is 0 Å². The molecule has 21 heavy (non-hydrogen) atoms. The molecular weight excluding hydrogens is 296 g/mol. The number of aliphatic hydroxyl groups is 1. The summed E-state index contributed by atoms with van der Waals surface area (Å²) in [5.74, 6) is -0.480. The first-order valence-electron chi connectivity index (χ1n) is 6.09. The topological polar surface area (TPSA) is 106 Å². The number of aromatic nitrogens is 4.